The van der Waals surface area contributed by atoms with E-state index < -0.39 is 11.8 Å². The van der Waals surface area contributed by atoms with Gasteiger partial charge in [-0.1, -0.05) is 41.5 Å². The molecule has 1 unspecified atom stereocenters. The number of alkyl halides is 2. The molecule has 2 atom stereocenters. The molecule has 0 bridgehead atoms. The van der Waals surface area contributed by atoms with Crippen molar-refractivity contribution in [3.05, 3.63) is 0 Å². The molecule has 25 heavy (non-hydrogen) atoms. The second kappa shape index (κ2) is 11.4. The molecule has 1 aliphatic rings. The van der Waals surface area contributed by atoms with E-state index in [2.05, 4.69) is 12.2 Å². The van der Waals surface area contributed by atoms with Crippen LogP contribution in [0.2, 0.25) is 0 Å². The van der Waals surface area contributed by atoms with Crippen LogP contribution in [0.4, 0.5) is 8.78 Å². The fourth-order valence-electron chi connectivity index (χ4n) is 2.21. The predicted molar refractivity (Wildman–Crippen MR) is 102 cm³/mol. The Balaban J connectivity index is -0.000000366. The standard InChI is InChI=1S/C9H17F2NO.C8H15NO.C2H6.H2/c1-6(8(2,3)4)12-7(13)9(5,10)11;1-3-8-5-4-6-9(8)7(2)10;1-2;/h6H,1-5H3,(H,12,13);8H,3-6H2,1-2H3;1-2H3;1H/t6-;;;/m0.../s1. The second-order valence-electron chi connectivity index (χ2n) is 7.37. The third-order valence-electron chi connectivity index (χ3n) is 4.30. The third-order valence-corrected chi connectivity index (χ3v) is 4.30. The van der Waals surface area contributed by atoms with Crippen molar-refractivity contribution in [3.63, 3.8) is 0 Å². The van der Waals surface area contributed by atoms with Crippen molar-refractivity contribution >= 4 is 11.8 Å². The normalized spacial score (nSPS) is 18.4. The highest BCUT2D eigenvalue weighted by Crippen LogP contribution is 2.20. The molecule has 1 N–H and O–H groups in total. The van der Waals surface area contributed by atoms with Crippen LogP contribution >= 0.6 is 0 Å². The van der Waals surface area contributed by atoms with E-state index in [1.807, 2.05) is 39.5 Å². The van der Waals surface area contributed by atoms with Gasteiger partial charge in [-0.15, -0.1) is 0 Å². The maximum absolute atomic E-state index is 12.5. The summed E-state index contributed by atoms with van der Waals surface area (Å²) < 4.78 is 24.9. The molecule has 0 aliphatic carbocycles. The van der Waals surface area contributed by atoms with Gasteiger partial charge in [0.05, 0.1) is 0 Å². The zero-order chi connectivity index (χ0) is 20.4. The Hall–Kier alpha value is -1.20. The third kappa shape index (κ3) is 10.4. The van der Waals surface area contributed by atoms with Gasteiger partial charge in [-0.05, 0) is 31.6 Å². The Labute approximate surface area is 154 Å². The molecule has 0 aromatic rings. The molecule has 0 radical (unpaired) electrons. The van der Waals surface area contributed by atoms with Crippen LogP contribution in [0, 0.1) is 5.41 Å². The molecule has 0 spiro atoms. The molecular formula is C19H40F2N2O2. The highest BCUT2D eigenvalue weighted by Gasteiger charge is 2.34. The van der Waals surface area contributed by atoms with Gasteiger partial charge in [0.15, 0.2) is 0 Å². The van der Waals surface area contributed by atoms with E-state index in [4.69, 9.17) is 0 Å². The quantitative estimate of drug-likeness (QED) is 0.774. The lowest BCUT2D eigenvalue weighted by molar-refractivity contribution is -0.144. The number of likely N-dealkylation sites (tertiary alicyclic amines) is 1. The molecule has 1 saturated heterocycles. The van der Waals surface area contributed by atoms with Crippen molar-refractivity contribution < 1.29 is 19.8 Å². The lowest BCUT2D eigenvalue weighted by Gasteiger charge is -2.28. The Bertz CT molecular complexity index is 407. The number of rotatable bonds is 3. The van der Waals surface area contributed by atoms with Gasteiger partial charge >= 0.3 is 5.92 Å². The summed E-state index contributed by atoms with van der Waals surface area (Å²) in [5.41, 5.74) is -0.207. The highest BCUT2D eigenvalue weighted by atomic mass is 19.3. The molecule has 0 aromatic carbocycles. The van der Waals surface area contributed by atoms with Crippen LogP contribution < -0.4 is 5.32 Å². The fourth-order valence-corrected chi connectivity index (χ4v) is 2.21. The summed E-state index contributed by atoms with van der Waals surface area (Å²) in [5, 5.41) is 2.27. The first-order chi connectivity index (χ1) is 11.3. The molecule has 152 valence electrons. The minimum Gasteiger partial charge on any atom is -0.348 e. The topological polar surface area (TPSA) is 49.4 Å². The number of hydrogen-bond donors (Lipinski definition) is 1. The summed E-state index contributed by atoms with van der Waals surface area (Å²) in [4.78, 5) is 23.8. The molecule has 4 nitrogen and oxygen atoms in total. The number of carbonyl (C=O) groups is 2. The Kier molecular flexibility index (Phi) is 11.9. The second-order valence-corrected chi connectivity index (χ2v) is 7.37. The van der Waals surface area contributed by atoms with E-state index in [1.54, 1.807) is 13.8 Å². The SMILES string of the molecule is CC.CCC1CCCN1C(C)=O.C[C@H](NC(=O)C(C)(F)F)C(C)(C)C.[HH]. The molecule has 1 rings (SSSR count). The van der Waals surface area contributed by atoms with Crippen LogP contribution in [0.15, 0.2) is 0 Å². The van der Waals surface area contributed by atoms with Crippen molar-refractivity contribution in [2.24, 2.45) is 5.41 Å². The summed E-state index contributed by atoms with van der Waals surface area (Å²) in [5.74, 6) is -4.27. The van der Waals surface area contributed by atoms with Crippen LogP contribution in [0.5, 0.6) is 0 Å². The lowest BCUT2D eigenvalue weighted by Crippen LogP contribution is -2.47. The first-order valence-electron chi connectivity index (χ1n) is 9.26. The minimum atomic E-state index is -3.29. The zero-order valence-corrected chi connectivity index (χ0v) is 17.5. The van der Waals surface area contributed by atoms with E-state index in [9.17, 15) is 18.4 Å². The predicted octanol–water partition coefficient (Wildman–Crippen LogP) is 4.87. The van der Waals surface area contributed by atoms with Gasteiger partial charge in [0.25, 0.3) is 5.91 Å². The van der Waals surface area contributed by atoms with Crippen molar-refractivity contribution in [2.45, 2.75) is 99.6 Å². The average molecular weight is 367 g/mol. The van der Waals surface area contributed by atoms with Crippen molar-refractivity contribution in [1.29, 1.82) is 0 Å². The number of halogens is 2. The van der Waals surface area contributed by atoms with Crippen LogP contribution in [0.25, 0.3) is 0 Å². The number of carbonyl (C=O) groups excluding carboxylic acids is 2. The average Bonchev–Trinajstić information content (AvgIpc) is 2.96. The summed E-state index contributed by atoms with van der Waals surface area (Å²) in [6.45, 7) is 16.7. The summed E-state index contributed by atoms with van der Waals surface area (Å²) in [7, 11) is 0. The molecule has 0 aromatic heterocycles. The van der Waals surface area contributed by atoms with E-state index in [1.165, 1.54) is 12.8 Å². The van der Waals surface area contributed by atoms with Crippen molar-refractivity contribution in [3.8, 4) is 0 Å². The molecule has 1 heterocycles. The van der Waals surface area contributed by atoms with E-state index in [-0.39, 0.29) is 18.8 Å². The highest BCUT2D eigenvalue weighted by molar-refractivity contribution is 5.83. The first-order valence-corrected chi connectivity index (χ1v) is 9.26. The summed E-state index contributed by atoms with van der Waals surface area (Å²) in [6, 6.07) is 0.267. The monoisotopic (exact) mass is 366 g/mol. The molecule has 1 aliphatic heterocycles. The van der Waals surface area contributed by atoms with E-state index in [0.29, 0.717) is 13.0 Å². The largest absolute Gasteiger partial charge is 0.348 e. The molecule has 6 heteroatoms. The van der Waals surface area contributed by atoms with Gasteiger partial charge in [-0.2, -0.15) is 8.78 Å². The Morgan fingerprint density at radius 1 is 1.24 bits per heavy atom. The maximum Gasteiger partial charge on any atom is 0.321 e. The van der Waals surface area contributed by atoms with Crippen molar-refractivity contribution in [2.75, 3.05) is 6.54 Å². The molecular weight excluding hydrogens is 326 g/mol. The first kappa shape index (κ1) is 26.0. The number of amides is 2. The summed E-state index contributed by atoms with van der Waals surface area (Å²) in [6.07, 6.45) is 3.51. The van der Waals surface area contributed by atoms with Gasteiger partial charge in [0.2, 0.25) is 5.91 Å². The smallest absolute Gasteiger partial charge is 0.321 e. The summed E-state index contributed by atoms with van der Waals surface area (Å²) >= 11 is 0. The fraction of sp³-hybridized carbons (Fsp3) is 0.895. The Morgan fingerprint density at radius 2 is 1.72 bits per heavy atom. The molecule has 2 amide bonds. The molecule has 1 fully saturated rings. The maximum atomic E-state index is 12.5. The van der Waals surface area contributed by atoms with Gasteiger partial charge in [-0.25, -0.2) is 0 Å². The number of hydrogen-bond acceptors (Lipinski definition) is 2. The Morgan fingerprint density at radius 3 is 2.00 bits per heavy atom. The molecule has 0 saturated carbocycles. The van der Waals surface area contributed by atoms with Gasteiger partial charge < -0.3 is 10.2 Å². The van der Waals surface area contributed by atoms with Crippen LogP contribution in [0.3, 0.4) is 0 Å². The van der Waals surface area contributed by atoms with E-state index >= 15 is 0 Å². The van der Waals surface area contributed by atoms with Crippen LogP contribution in [-0.4, -0.2) is 41.3 Å². The number of nitrogens with one attached hydrogen (secondary N) is 1. The van der Waals surface area contributed by atoms with Gasteiger partial charge in [0, 0.05) is 33.9 Å². The van der Waals surface area contributed by atoms with Crippen molar-refractivity contribution in [1.82, 2.24) is 10.2 Å². The zero-order valence-electron chi connectivity index (χ0n) is 17.5. The van der Waals surface area contributed by atoms with E-state index in [0.717, 1.165) is 13.0 Å². The lowest BCUT2D eigenvalue weighted by atomic mass is 9.88. The van der Waals surface area contributed by atoms with Gasteiger partial charge in [0.1, 0.15) is 0 Å². The minimum absolute atomic E-state index is 0. The van der Waals surface area contributed by atoms with Gasteiger partial charge in [-0.3, -0.25) is 9.59 Å². The number of nitrogens with zero attached hydrogens (tertiary/aromatic N) is 1. The van der Waals surface area contributed by atoms with Crippen LogP contribution in [0.1, 0.15) is 83.0 Å². The van der Waals surface area contributed by atoms with Crippen LogP contribution in [-0.2, 0) is 9.59 Å².